The van der Waals surface area contributed by atoms with Crippen LogP contribution in [0.5, 0.6) is 0 Å². The molecule has 1 saturated carbocycles. The standard InChI is InChI=1S/C14H21NO3S/c1-11-5-4-7-13(9-11)19(17,18)15-10-12-6-2-3-8-14(12)16/h4-5,7,9,12,14-16H,2-3,6,8,10H2,1H3. The SMILES string of the molecule is Cc1cccc(S(=O)(=O)NCC2CCCCC2O)c1. The van der Waals surface area contributed by atoms with E-state index in [0.29, 0.717) is 6.54 Å². The van der Waals surface area contributed by atoms with E-state index < -0.39 is 10.0 Å². The van der Waals surface area contributed by atoms with Crippen molar-refractivity contribution in [3.63, 3.8) is 0 Å². The maximum absolute atomic E-state index is 12.1. The fourth-order valence-corrected chi connectivity index (χ4v) is 3.71. The molecule has 1 fully saturated rings. The molecule has 1 aliphatic carbocycles. The lowest BCUT2D eigenvalue weighted by Gasteiger charge is -2.27. The number of aliphatic hydroxyl groups excluding tert-OH is 1. The lowest BCUT2D eigenvalue weighted by atomic mass is 9.87. The zero-order valence-corrected chi connectivity index (χ0v) is 12.0. The number of sulfonamides is 1. The second kappa shape index (κ2) is 6.03. The van der Waals surface area contributed by atoms with E-state index in [9.17, 15) is 13.5 Å². The number of rotatable bonds is 4. The molecule has 0 radical (unpaired) electrons. The molecular formula is C14H21NO3S. The van der Waals surface area contributed by atoms with E-state index in [2.05, 4.69) is 4.72 Å². The topological polar surface area (TPSA) is 66.4 Å². The molecule has 0 heterocycles. The van der Waals surface area contributed by atoms with Crippen molar-refractivity contribution in [2.75, 3.05) is 6.54 Å². The minimum Gasteiger partial charge on any atom is -0.393 e. The third-order valence-electron chi connectivity index (χ3n) is 3.70. The number of hydrogen-bond donors (Lipinski definition) is 2. The quantitative estimate of drug-likeness (QED) is 0.886. The first kappa shape index (κ1) is 14.5. The molecule has 19 heavy (non-hydrogen) atoms. The summed E-state index contributed by atoms with van der Waals surface area (Å²) in [6.07, 6.45) is 3.37. The molecular weight excluding hydrogens is 262 g/mol. The van der Waals surface area contributed by atoms with E-state index in [0.717, 1.165) is 31.2 Å². The van der Waals surface area contributed by atoms with E-state index in [-0.39, 0.29) is 16.9 Å². The van der Waals surface area contributed by atoms with Crippen molar-refractivity contribution in [2.45, 2.75) is 43.6 Å². The van der Waals surface area contributed by atoms with Crippen LogP contribution in [-0.2, 0) is 10.0 Å². The van der Waals surface area contributed by atoms with Crippen LogP contribution in [0.2, 0.25) is 0 Å². The Morgan fingerprint density at radius 1 is 1.32 bits per heavy atom. The van der Waals surface area contributed by atoms with Crippen LogP contribution in [0.4, 0.5) is 0 Å². The Balaban J connectivity index is 2.01. The number of benzene rings is 1. The van der Waals surface area contributed by atoms with E-state index in [1.165, 1.54) is 0 Å². The zero-order valence-electron chi connectivity index (χ0n) is 11.2. The van der Waals surface area contributed by atoms with Crippen LogP contribution in [0.15, 0.2) is 29.2 Å². The lowest BCUT2D eigenvalue weighted by molar-refractivity contribution is 0.0724. The van der Waals surface area contributed by atoms with Gasteiger partial charge >= 0.3 is 0 Å². The molecule has 4 nitrogen and oxygen atoms in total. The van der Waals surface area contributed by atoms with Crippen molar-refractivity contribution >= 4 is 10.0 Å². The molecule has 0 spiro atoms. The van der Waals surface area contributed by atoms with Gasteiger partial charge in [0.15, 0.2) is 0 Å². The van der Waals surface area contributed by atoms with Crippen molar-refractivity contribution in [3.8, 4) is 0 Å². The van der Waals surface area contributed by atoms with E-state index in [4.69, 9.17) is 0 Å². The Morgan fingerprint density at radius 2 is 2.05 bits per heavy atom. The largest absolute Gasteiger partial charge is 0.393 e. The monoisotopic (exact) mass is 283 g/mol. The summed E-state index contributed by atoms with van der Waals surface area (Å²) in [5, 5.41) is 9.85. The Hall–Kier alpha value is -0.910. The molecule has 1 aromatic carbocycles. The van der Waals surface area contributed by atoms with Gasteiger partial charge < -0.3 is 5.11 Å². The second-order valence-electron chi connectivity index (χ2n) is 5.28. The van der Waals surface area contributed by atoms with Gasteiger partial charge in [-0.25, -0.2) is 13.1 Å². The van der Waals surface area contributed by atoms with Gasteiger partial charge in [-0.2, -0.15) is 0 Å². The predicted octanol–water partition coefficient (Wildman–Crippen LogP) is 1.82. The molecule has 0 bridgehead atoms. The van der Waals surface area contributed by atoms with Gasteiger partial charge in [0, 0.05) is 6.54 Å². The first-order valence-corrected chi connectivity index (χ1v) is 8.22. The number of nitrogens with one attached hydrogen (secondary N) is 1. The van der Waals surface area contributed by atoms with Crippen LogP contribution >= 0.6 is 0 Å². The molecule has 1 aliphatic rings. The second-order valence-corrected chi connectivity index (χ2v) is 7.05. The van der Waals surface area contributed by atoms with E-state index in [1.54, 1.807) is 18.2 Å². The third kappa shape index (κ3) is 3.78. The molecule has 106 valence electrons. The summed E-state index contributed by atoms with van der Waals surface area (Å²) in [5.74, 6) is 0.0355. The molecule has 0 aliphatic heterocycles. The van der Waals surface area contributed by atoms with Crippen LogP contribution in [0.3, 0.4) is 0 Å². The Labute approximate surface area is 114 Å². The minimum absolute atomic E-state index is 0.0355. The average molecular weight is 283 g/mol. The first-order chi connectivity index (χ1) is 8.99. The van der Waals surface area contributed by atoms with Gasteiger partial charge in [0.25, 0.3) is 0 Å². The van der Waals surface area contributed by atoms with Crippen molar-refractivity contribution in [1.29, 1.82) is 0 Å². The average Bonchev–Trinajstić information content (AvgIpc) is 2.38. The highest BCUT2D eigenvalue weighted by Crippen LogP contribution is 2.24. The number of hydrogen-bond acceptors (Lipinski definition) is 3. The molecule has 5 heteroatoms. The Morgan fingerprint density at radius 3 is 2.74 bits per heavy atom. The molecule has 0 saturated heterocycles. The first-order valence-electron chi connectivity index (χ1n) is 6.73. The summed E-state index contributed by atoms with van der Waals surface area (Å²) in [6.45, 7) is 2.18. The summed E-state index contributed by atoms with van der Waals surface area (Å²) in [5.41, 5.74) is 0.917. The highest BCUT2D eigenvalue weighted by atomic mass is 32.2. The van der Waals surface area contributed by atoms with Gasteiger partial charge in [-0.05, 0) is 43.4 Å². The zero-order chi connectivity index (χ0) is 13.9. The van der Waals surface area contributed by atoms with Gasteiger partial charge in [-0.3, -0.25) is 0 Å². The normalized spacial score (nSPS) is 24.3. The Kier molecular flexibility index (Phi) is 4.60. The van der Waals surface area contributed by atoms with Crippen LogP contribution in [-0.4, -0.2) is 26.2 Å². The van der Waals surface area contributed by atoms with Gasteiger partial charge in [0.1, 0.15) is 0 Å². The highest BCUT2D eigenvalue weighted by Gasteiger charge is 2.25. The molecule has 1 aromatic rings. The fourth-order valence-electron chi connectivity index (χ4n) is 2.51. The summed E-state index contributed by atoms with van der Waals surface area (Å²) in [7, 11) is -3.47. The van der Waals surface area contributed by atoms with Gasteiger partial charge in [-0.1, -0.05) is 25.0 Å². The van der Waals surface area contributed by atoms with Crippen LogP contribution in [0.1, 0.15) is 31.2 Å². The third-order valence-corrected chi connectivity index (χ3v) is 5.13. The predicted molar refractivity (Wildman–Crippen MR) is 74.3 cm³/mol. The molecule has 2 rings (SSSR count). The summed E-state index contributed by atoms with van der Waals surface area (Å²) in [4.78, 5) is 0.290. The van der Waals surface area contributed by atoms with Crippen molar-refractivity contribution in [1.82, 2.24) is 4.72 Å². The van der Waals surface area contributed by atoms with Gasteiger partial charge in [0.05, 0.1) is 11.0 Å². The maximum Gasteiger partial charge on any atom is 0.240 e. The number of aliphatic hydroxyl groups is 1. The molecule has 2 N–H and O–H groups in total. The molecule has 0 aromatic heterocycles. The Bertz CT molecular complexity index is 527. The van der Waals surface area contributed by atoms with Crippen LogP contribution < -0.4 is 4.72 Å². The molecule has 0 amide bonds. The summed E-state index contributed by atoms with van der Waals surface area (Å²) >= 11 is 0. The maximum atomic E-state index is 12.1. The minimum atomic E-state index is -3.47. The van der Waals surface area contributed by atoms with Crippen molar-refractivity contribution < 1.29 is 13.5 Å². The number of aryl methyl sites for hydroxylation is 1. The fraction of sp³-hybridized carbons (Fsp3) is 0.571. The smallest absolute Gasteiger partial charge is 0.240 e. The summed E-state index contributed by atoms with van der Waals surface area (Å²) < 4.78 is 26.9. The van der Waals surface area contributed by atoms with E-state index in [1.807, 2.05) is 13.0 Å². The lowest BCUT2D eigenvalue weighted by Crippen LogP contribution is -2.36. The molecule has 2 unspecified atom stereocenters. The van der Waals surface area contributed by atoms with Crippen molar-refractivity contribution in [2.24, 2.45) is 5.92 Å². The van der Waals surface area contributed by atoms with Crippen molar-refractivity contribution in [3.05, 3.63) is 29.8 Å². The van der Waals surface area contributed by atoms with Crippen LogP contribution in [0.25, 0.3) is 0 Å². The highest BCUT2D eigenvalue weighted by molar-refractivity contribution is 7.89. The summed E-state index contributed by atoms with van der Waals surface area (Å²) in [6, 6.07) is 6.84. The van der Waals surface area contributed by atoms with Gasteiger partial charge in [-0.15, -0.1) is 0 Å². The molecule has 2 atom stereocenters. The van der Waals surface area contributed by atoms with Gasteiger partial charge in [0.2, 0.25) is 10.0 Å². The van der Waals surface area contributed by atoms with Crippen LogP contribution in [0, 0.1) is 12.8 Å². The van der Waals surface area contributed by atoms with E-state index >= 15 is 0 Å².